The summed E-state index contributed by atoms with van der Waals surface area (Å²) in [6.45, 7) is 6.80. The third-order valence-corrected chi connectivity index (χ3v) is 2.94. The second-order valence-corrected chi connectivity index (χ2v) is 4.96. The molecule has 0 spiro atoms. The zero-order valence-corrected chi connectivity index (χ0v) is 11.6. The smallest absolute Gasteiger partial charge is 0.234 e. The van der Waals surface area contributed by atoms with E-state index in [-0.39, 0.29) is 11.9 Å². The molecule has 0 fully saturated rings. The fourth-order valence-electron chi connectivity index (χ4n) is 2.11. The van der Waals surface area contributed by atoms with Crippen LogP contribution in [0.15, 0.2) is 28.7 Å². The molecule has 0 aliphatic carbocycles. The number of benzene rings is 1. The molecule has 0 radical (unpaired) electrons. The molecular weight excluding hydrogens is 240 g/mol. The van der Waals surface area contributed by atoms with Crippen LogP contribution in [0.4, 0.5) is 0 Å². The number of carbonyl (C=O) groups excluding carboxylic acids is 1. The van der Waals surface area contributed by atoms with Gasteiger partial charge in [-0.1, -0.05) is 18.2 Å². The third-order valence-electron chi connectivity index (χ3n) is 2.94. The number of rotatable bonds is 5. The molecule has 4 nitrogen and oxygen atoms in total. The number of amides is 1. The molecule has 1 amide bonds. The van der Waals surface area contributed by atoms with Crippen molar-refractivity contribution in [2.24, 2.45) is 0 Å². The summed E-state index contributed by atoms with van der Waals surface area (Å²) in [6.07, 6.45) is 0. The Hall–Kier alpha value is -1.81. The largest absolute Gasteiger partial charge is 0.461 e. The van der Waals surface area contributed by atoms with Gasteiger partial charge in [0.2, 0.25) is 5.91 Å². The zero-order valence-electron chi connectivity index (χ0n) is 11.6. The predicted molar refractivity (Wildman–Crippen MR) is 75.9 cm³/mol. The van der Waals surface area contributed by atoms with E-state index in [0.29, 0.717) is 13.1 Å². The molecule has 1 aromatic heterocycles. The fourth-order valence-corrected chi connectivity index (χ4v) is 2.11. The van der Waals surface area contributed by atoms with Gasteiger partial charge in [0.25, 0.3) is 0 Å². The van der Waals surface area contributed by atoms with E-state index in [0.717, 1.165) is 22.3 Å². The second-order valence-electron chi connectivity index (χ2n) is 4.96. The van der Waals surface area contributed by atoms with E-state index in [1.54, 1.807) is 0 Å². The minimum Gasteiger partial charge on any atom is -0.461 e. The molecule has 0 saturated carbocycles. The molecule has 2 rings (SSSR count). The van der Waals surface area contributed by atoms with Crippen molar-refractivity contribution in [1.82, 2.24) is 10.6 Å². The van der Waals surface area contributed by atoms with Gasteiger partial charge < -0.3 is 15.1 Å². The van der Waals surface area contributed by atoms with Gasteiger partial charge in [0.05, 0.1) is 6.54 Å². The Morgan fingerprint density at radius 1 is 1.32 bits per heavy atom. The molecule has 0 aliphatic rings. The highest BCUT2D eigenvalue weighted by Gasteiger charge is 2.10. The van der Waals surface area contributed by atoms with Crippen LogP contribution in [0, 0.1) is 6.92 Å². The lowest BCUT2D eigenvalue weighted by molar-refractivity contribution is -0.120. The van der Waals surface area contributed by atoms with Gasteiger partial charge in [-0.05, 0) is 26.8 Å². The van der Waals surface area contributed by atoms with E-state index in [2.05, 4.69) is 10.6 Å². The highest BCUT2D eigenvalue weighted by atomic mass is 16.3. The number of aryl methyl sites for hydroxylation is 1. The molecule has 0 bridgehead atoms. The number of furan rings is 1. The summed E-state index contributed by atoms with van der Waals surface area (Å²) in [4.78, 5) is 11.5. The van der Waals surface area contributed by atoms with Gasteiger partial charge in [0.1, 0.15) is 11.3 Å². The molecule has 2 aromatic rings. The van der Waals surface area contributed by atoms with Crippen LogP contribution in [0.25, 0.3) is 11.0 Å². The van der Waals surface area contributed by atoms with Gasteiger partial charge in [0, 0.05) is 23.5 Å². The molecule has 0 aliphatic heterocycles. The molecule has 19 heavy (non-hydrogen) atoms. The lowest BCUT2D eigenvalue weighted by Gasteiger charge is -2.09. The summed E-state index contributed by atoms with van der Waals surface area (Å²) in [6, 6.07) is 8.12. The van der Waals surface area contributed by atoms with Gasteiger partial charge in [-0.2, -0.15) is 0 Å². The summed E-state index contributed by atoms with van der Waals surface area (Å²) < 4.78 is 5.68. The number of hydrogen-bond donors (Lipinski definition) is 2. The topological polar surface area (TPSA) is 54.3 Å². The fraction of sp³-hybridized carbons (Fsp3) is 0.400. The van der Waals surface area contributed by atoms with E-state index in [1.165, 1.54) is 0 Å². The van der Waals surface area contributed by atoms with Crippen molar-refractivity contribution in [3.05, 3.63) is 35.6 Å². The first-order chi connectivity index (χ1) is 9.08. The van der Waals surface area contributed by atoms with E-state index in [4.69, 9.17) is 4.42 Å². The van der Waals surface area contributed by atoms with Gasteiger partial charge >= 0.3 is 0 Å². The first-order valence-corrected chi connectivity index (χ1v) is 6.55. The van der Waals surface area contributed by atoms with Crippen LogP contribution >= 0.6 is 0 Å². The molecule has 102 valence electrons. The SMILES string of the molecule is Cc1oc2ccccc2c1CNCC(=O)NC(C)C. The standard InChI is InChI=1S/C15H20N2O2/c1-10(2)17-15(18)9-16-8-13-11(3)19-14-7-5-4-6-12(13)14/h4-7,10,16H,8-9H2,1-3H3,(H,17,18). The summed E-state index contributed by atoms with van der Waals surface area (Å²) in [5.74, 6) is 0.915. The predicted octanol–water partition coefficient (Wildman–Crippen LogP) is 2.36. The first-order valence-electron chi connectivity index (χ1n) is 6.55. The average Bonchev–Trinajstić information content (AvgIpc) is 2.65. The third kappa shape index (κ3) is 3.35. The highest BCUT2D eigenvalue weighted by Crippen LogP contribution is 2.24. The number of hydrogen-bond acceptors (Lipinski definition) is 3. The Labute approximate surface area is 113 Å². The van der Waals surface area contributed by atoms with Crippen molar-refractivity contribution in [3.8, 4) is 0 Å². The van der Waals surface area contributed by atoms with E-state index in [9.17, 15) is 4.79 Å². The normalized spacial score (nSPS) is 11.2. The Morgan fingerprint density at radius 2 is 2.05 bits per heavy atom. The van der Waals surface area contributed by atoms with Gasteiger partial charge in [-0.3, -0.25) is 4.79 Å². The van der Waals surface area contributed by atoms with Crippen LogP contribution in [0.5, 0.6) is 0 Å². The van der Waals surface area contributed by atoms with Crippen LogP contribution in [0.2, 0.25) is 0 Å². The van der Waals surface area contributed by atoms with Crippen LogP contribution in [0.1, 0.15) is 25.2 Å². The average molecular weight is 260 g/mol. The molecule has 0 unspecified atom stereocenters. The Kier molecular flexibility index (Phi) is 4.22. The van der Waals surface area contributed by atoms with Gasteiger partial charge in [-0.25, -0.2) is 0 Å². The molecule has 0 saturated heterocycles. The summed E-state index contributed by atoms with van der Waals surface area (Å²) in [7, 11) is 0. The molecule has 1 aromatic carbocycles. The Bertz CT molecular complexity index is 573. The molecule has 1 heterocycles. The van der Waals surface area contributed by atoms with Crippen molar-refractivity contribution < 1.29 is 9.21 Å². The number of nitrogens with one attached hydrogen (secondary N) is 2. The van der Waals surface area contributed by atoms with Crippen molar-refractivity contribution in [3.63, 3.8) is 0 Å². The quantitative estimate of drug-likeness (QED) is 0.867. The lowest BCUT2D eigenvalue weighted by Crippen LogP contribution is -2.37. The molecule has 2 N–H and O–H groups in total. The number of fused-ring (bicyclic) bond motifs is 1. The molecule has 4 heteroatoms. The number of carbonyl (C=O) groups is 1. The van der Waals surface area contributed by atoms with Crippen molar-refractivity contribution in [1.29, 1.82) is 0 Å². The second kappa shape index (κ2) is 5.89. The minimum absolute atomic E-state index is 0.0143. The maximum atomic E-state index is 11.5. The van der Waals surface area contributed by atoms with Crippen LogP contribution < -0.4 is 10.6 Å². The van der Waals surface area contributed by atoms with Crippen LogP contribution in [-0.2, 0) is 11.3 Å². The Balaban J connectivity index is 1.98. The monoisotopic (exact) mass is 260 g/mol. The van der Waals surface area contributed by atoms with E-state index >= 15 is 0 Å². The van der Waals surface area contributed by atoms with Crippen molar-refractivity contribution in [2.45, 2.75) is 33.4 Å². The van der Waals surface area contributed by atoms with Crippen LogP contribution in [-0.4, -0.2) is 18.5 Å². The van der Waals surface area contributed by atoms with Gasteiger partial charge in [0.15, 0.2) is 0 Å². The van der Waals surface area contributed by atoms with Crippen molar-refractivity contribution >= 4 is 16.9 Å². The Morgan fingerprint density at radius 3 is 2.79 bits per heavy atom. The summed E-state index contributed by atoms with van der Waals surface area (Å²) in [5.41, 5.74) is 2.01. The molecular formula is C15H20N2O2. The maximum Gasteiger partial charge on any atom is 0.234 e. The van der Waals surface area contributed by atoms with Crippen LogP contribution in [0.3, 0.4) is 0 Å². The first kappa shape index (κ1) is 13.6. The lowest BCUT2D eigenvalue weighted by atomic mass is 10.1. The van der Waals surface area contributed by atoms with E-state index < -0.39 is 0 Å². The maximum absolute atomic E-state index is 11.5. The van der Waals surface area contributed by atoms with E-state index in [1.807, 2.05) is 45.0 Å². The molecule has 0 atom stereocenters. The minimum atomic E-state index is 0.0143. The summed E-state index contributed by atoms with van der Waals surface area (Å²) in [5, 5.41) is 7.11. The highest BCUT2D eigenvalue weighted by molar-refractivity contribution is 5.82. The van der Waals surface area contributed by atoms with Crippen molar-refractivity contribution in [2.75, 3.05) is 6.54 Å². The zero-order chi connectivity index (χ0) is 13.8. The number of para-hydroxylation sites is 1. The summed E-state index contributed by atoms with van der Waals surface area (Å²) >= 11 is 0. The van der Waals surface area contributed by atoms with Gasteiger partial charge in [-0.15, -0.1) is 0 Å².